The SMILES string of the molecule is COc1cccc(CC2(C(C)(C)C)CCCN2)c1F. The Morgan fingerprint density at radius 1 is 1.37 bits per heavy atom. The second-order valence-corrected chi connectivity index (χ2v) is 6.47. The van der Waals surface area contributed by atoms with Crippen LogP contribution in [0.25, 0.3) is 0 Å². The third kappa shape index (κ3) is 2.62. The van der Waals surface area contributed by atoms with E-state index in [4.69, 9.17) is 4.74 Å². The Bertz CT molecular complexity index is 445. The Labute approximate surface area is 115 Å². The average Bonchev–Trinajstić information content (AvgIpc) is 2.81. The molecule has 1 fully saturated rings. The van der Waals surface area contributed by atoms with Crippen LogP contribution in [0, 0.1) is 11.2 Å². The normalized spacial score (nSPS) is 23.6. The van der Waals surface area contributed by atoms with E-state index >= 15 is 0 Å². The first-order chi connectivity index (χ1) is 8.89. The van der Waals surface area contributed by atoms with Crippen molar-refractivity contribution < 1.29 is 9.13 Å². The summed E-state index contributed by atoms with van der Waals surface area (Å²) in [6, 6.07) is 5.40. The molecule has 1 aliphatic rings. The van der Waals surface area contributed by atoms with Gasteiger partial charge in [0, 0.05) is 5.54 Å². The molecule has 0 bridgehead atoms. The lowest BCUT2D eigenvalue weighted by Crippen LogP contribution is -2.52. The summed E-state index contributed by atoms with van der Waals surface area (Å²) >= 11 is 0. The van der Waals surface area contributed by atoms with Gasteiger partial charge in [-0.2, -0.15) is 0 Å². The largest absolute Gasteiger partial charge is 0.494 e. The average molecular weight is 265 g/mol. The summed E-state index contributed by atoms with van der Waals surface area (Å²) in [4.78, 5) is 0. The van der Waals surface area contributed by atoms with E-state index in [0.29, 0.717) is 12.2 Å². The highest BCUT2D eigenvalue weighted by molar-refractivity contribution is 5.33. The van der Waals surface area contributed by atoms with Crippen molar-refractivity contribution >= 4 is 0 Å². The number of halogens is 1. The summed E-state index contributed by atoms with van der Waals surface area (Å²) in [5, 5.41) is 3.62. The third-order valence-electron chi connectivity index (χ3n) is 4.43. The number of benzene rings is 1. The van der Waals surface area contributed by atoms with E-state index in [9.17, 15) is 4.39 Å². The maximum Gasteiger partial charge on any atom is 0.168 e. The van der Waals surface area contributed by atoms with Gasteiger partial charge in [-0.15, -0.1) is 0 Å². The highest BCUT2D eigenvalue weighted by Gasteiger charge is 2.44. The first kappa shape index (κ1) is 14.3. The van der Waals surface area contributed by atoms with Crippen LogP contribution in [0.2, 0.25) is 0 Å². The third-order valence-corrected chi connectivity index (χ3v) is 4.43. The number of hydrogen-bond donors (Lipinski definition) is 1. The van der Waals surface area contributed by atoms with Crippen molar-refractivity contribution in [3.05, 3.63) is 29.6 Å². The number of rotatable bonds is 3. The molecule has 0 aliphatic carbocycles. The fourth-order valence-electron chi connectivity index (χ4n) is 3.04. The van der Waals surface area contributed by atoms with Gasteiger partial charge in [0.1, 0.15) is 0 Å². The van der Waals surface area contributed by atoms with E-state index in [0.717, 1.165) is 24.9 Å². The molecular formula is C16H24FNO. The quantitative estimate of drug-likeness (QED) is 0.902. The van der Waals surface area contributed by atoms with Gasteiger partial charge in [-0.05, 0) is 42.9 Å². The minimum atomic E-state index is -0.220. The molecule has 0 saturated carbocycles. The van der Waals surface area contributed by atoms with Crippen molar-refractivity contribution in [3.63, 3.8) is 0 Å². The maximum atomic E-state index is 14.3. The highest BCUT2D eigenvalue weighted by Crippen LogP contribution is 2.40. The molecule has 1 unspecified atom stereocenters. The predicted octanol–water partition coefficient (Wildman–Crippen LogP) is 3.55. The first-order valence-corrected chi connectivity index (χ1v) is 6.96. The molecule has 1 aliphatic heterocycles. The van der Waals surface area contributed by atoms with E-state index in [2.05, 4.69) is 26.1 Å². The number of hydrogen-bond acceptors (Lipinski definition) is 2. The maximum absolute atomic E-state index is 14.3. The van der Waals surface area contributed by atoms with Crippen molar-refractivity contribution in [1.29, 1.82) is 0 Å². The molecule has 2 rings (SSSR count). The van der Waals surface area contributed by atoms with Gasteiger partial charge in [0.05, 0.1) is 7.11 Å². The number of ether oxygens (including phenoxy) is 1. The standard InChI is InChI=1S/C16H24FNO/c1-15(2,3)16(9-6-10-18-16)11-12-7-5-8-13(19-4)14(12)17/h5,7-8,18H,6,9-11H2,1-4H3. The molecule has 106 valence electrons. The first-order valence-electron chi connectivity index (χ1n) is 6.96. The van der Waals surface area contributed by atoms with Crippen molar-refractivity contribution in [3.8, 4) is 5.75 Å². The second-order valence-electron chi connectivity index (χ2n) is 6.47. The molecule has 0 radical (unpaired) electrons. The summed E-state index contributed by atoms with van der Waals surface area (Å²) in [7, 11) is 1.51. The molecule has 0 amide bonds. The summed E-state index contributed by atoms with van der Waals surface area (Å²) in [6.07, 6.45) is 2.95. The predicted molar refractivity (Wildman–Crippen MR) is 76.1 cm³/mol. The number of nitrogens with one attached hydrogen (secondary N) is 1. The molecule has 1 saturated heterocycles. The van der Waals surface area contributed by atoms with Gasteiger partial charge in [0.25, 0.3) is 0 Å². The number of methoxy groups -OCH3 is 1. The lowest BCUT2D eigenvalue weighted by molar-refractivity contribution is 0.158. The summed E-state index contributed by atoms with van der Waals surface area (Å²) in [5.74, 6) is 0.113. The van der Waals surface area contributed by atoms with Crippen LogP contribution in [-0.4, -0.2) is 19.2 Å². The van der Waals surface area contributed by atoms with Crippen LogP contribution in [0.15, 0.2) is 18.2 Å². The molecule has 1 N–H and O–H groups in total. The van der Waals surface area contributed by atoms with Crippen LogP contribution in [0.3, 0.4) is 0 Å². The van der Waals surface area contributed by atoms with Crippen LogP contribution in [-0.2, 0) is 6.42 Å². The van der Waals surface area contributed by atoms with Crippen LogP contribution < -0.4 is 10.1 Å². The molecular weight excluding hydrogens is 241 g/mol. The van der Waals surface area contributed by atoms with Crippen molar-refractivity contribution in [2.24, 2.45) is 5.41 Å². The molecule has 3 heteroatoms. The molecule has 1 aromatic carbocycles. The second kappa shape index (κ2) is 5.12. The minimum absolute atomic E-state index is 0.0276. The van der Waals surface area contributed by atoms with Crippen LogP contribution >= 0.6 is 0 Å². The Kier molecular flexibility index (Phi) is 3.86. The van der Waals surface area contributed by atoms with Gasteiger partial charge in [-0.1, -0.05) is 32.9 Å². The van der Waals surface area contributed by atoms with Gasteiger partial charge >= 0.3 is 0 Å². The molecule has 1 heterocycles. The van der Waals surface area contributed by atoms with Gasteiger partial charge in [0.15, 0.2) is 11.6 Å². The van der Waals surface area contributed by atoms with E-state index in [1.807, 2.05) is 12.1 Å². The van der Waals surface area contributed by atoms with Gasteiger partial charge in [0.2, 0.25) is 0 Å². The van der Waals surface area contributed by atoms with E-state index < -0.39 is 0 Å². The lowest BCUT2D eigenvalue weighted by atomic mass is 9.69. The van der Waals surface area contributed by atoms with Crippen molar-refractivity contribution in [1.82, 2.24) is 5.32 Å². The fraction of sp³-hybridized carbons (Fsp3) is 0.625. The van der Waals surface area contributed by atoms with E-state index in [1.54, 1.807) is 6.07 Å². The summed E-state index contributed by atoms with van der Waals surface area (Å²) < 4.78 is 19.4. The molecule has 0 spiro atoms. The smallest absolute Gasteiger partial charge is 0.168 e. The molecule has 1 aromatic rings. The van der Waals surface area contributed by atoms with E-state index in [-0.39, 0.29) is 16.8 Å². The summed E-state index contributed by atoms with van der Waals surface area (Å²) in [5.41, 5.74) is 0.808. The van der Waals surface area contributed by atoms with E-state index in [1.165, 1.54) is 7.11 Å². The highest BCUT2D eigenvalue weighted by atomic mass is 19.1. The monoisotopic (exact) mass is 265 g/mol. The Morgan fingerprint density at radius 2 is 2.11 bits per heavy atom. The van der Waals surface area contributed by atoms with Crippen molar-refractivity contribution in [2.75, 3.05) is 13.7 Å². The Balaban J connectivity index is 2.33. The fourth-order valence-corrected chi connectivity index (χ4v) is 3.04. The minimum Gasteiger partial charge on any atom is -0.494 e. The zero-order valence-corrected chi connectivity index (χ0v) is 12.3. The molecule has 2 nitrogen and oxygen atoms in total. The van der Waals surface area contributed by atoms with Gasteiger partial charge in [-0.25, -0.2) is 4.39 Å². The summed E-state index contributed by atoms with van der Waals surface area (Å²) in [6.45, 7) is 7.69. The van der Waals surface area contributed by atoms with Gasteiger partial charge in [-0.3, -0.25) is 0 Å². The van der Waals surface area contributed by atoms with Crippen LogP contribution in [0.5, 0.6) is 5.75 Å². The van der Waals surface area contributed by atoms with Crippen LogP contribution in [0.1, 0.15) is 39.2 Å². The Hall–Kier alpha value is -1.09. The van der Waals surface area contributed by atoms with Crippen molar-refractivity contribution in [2.45, 2.75) is 45.6 Å². The Morgan fingerprint density at radius 3 is 2.63 bits per heavy atom. The molecule has 1 atom stereocenters. The zero-order chi connectivity index (χ0) is 14.1. The molecule has 0 aromatic heterocycles. The van der Waals surface area contributed by atoms with Crippen LogP contribution in [0.4, 0.5) is 4.39 Å². The zero-order valence-electron chi connectivity index (χ0n) is 12.3. The van der Waals surface area contributed by atoms with Gasteiger partial charge < -0.3 is 10.1 Å². The topological polar surface area (TPSA) is 21.3 Å². The molecule has 19 heavy (non-hydrogen) atoms. The lowest BCUT2D eigenvalue weighted by Gasteiger charge is -2.42.